The number of aromatic amines is 1. The highest BCUT2D eigenvalue weighted by atomic mass is 19.4. The zero-order valence-electron chi connectivity index (χ0n) is 16.3. The number of H-pyrrole nitrogens is 1. The van der Waals surface area contributed by atoms with Crippen LogP contribution in [-0.2, 0) is 6.18 Å². The van der Waals surface area contributed by atoms with Gasteiger partial charge in [0.1, 0.15) is 34.8 Å². The number of phenols is 1. The molecule has 7 nitrogen and oxygen atoms in total. The largest absolute Gasteiger partial charge is 0.508 e. The van der Waals surface area contributed by atoms with E-state index in [1.807, 2.05) is 0 Å². The summed E-state index contributed by atoms with van der Waals surface area (Å²) >= 11 is 0. The highest BCUT2D eigenvalue weighted by Crippen LogP contribution is 2.34. The van der Waals surface area contributed by atoms with Gasteiger partial charge in [0, 0.05) is 17.5 Å². The summed E-state index contributed by atoms with van der Waals surface area (Å²) in [5, 5.41) is 20.1. The van der Waals surface area contributed by atoms with Crippen molar-refractivity contribution in [1.82, 2.24) is 9.55 Å². The van der Waals surface area contributed by atoms with Crippen LogP contribution in [0.2, 0.25) is 0 Å². The fourth-order valence-electron chi connectivity index (χ4n) is 3.21. The molecule has 11 heteroatoms. The van der Waals surface area contributed by atoms with E-state index in [4.69, 9.17) is 4.74 Å². The molecule has 0 radical (unpaired) electrons. The van der Waals surface area contributed by atoms with Crippen molar-refractivity contribution in [3.63, 3.8) is 0 Å². The van der Waals surface area contributed by atoms with Gasteiger partial charge in [0.05, 0.1) is 11.3 Å². The van der Waals surface area contributed by atoms with E-state index in [2.05, 4.69) is 0 Å². The molecule has 2 N–H and O–H groups in total. The lowest BCUT2D eigenvalue weighted by atomic mass is 10.1. The van der Waals surface area contributed by atoms with Gasteiger partial charge in [-0.05, 0) is 35.7 Å². The number of ether oxygens (including phenoxy) is 1. The van der Waals surface area contributed by atoms with E-state index in [0.717, 1.165) is 6.07 Å². The molecular weight excluding hydrogens is 446 g/mol. The van der Waals surface area contributed by atoms with Crippen molar-refractivity contribution in [3.05, 3.63) is 92.5 Å². The maximum Gasteiger partial charge on any atom is 0.431 e. The second-order valence-electron chi connectivity index (χ2n) is 6.83. The Kier molecular flexibility index (Phi) is 5.13. The van der Waals surface area contributed by atoms with Gasteiger partial charge in [-0.25, -0.2) is 13.8 Å². The first-order valence-corrected chi connectivity index (χ1v) is 9.15. The Morgan fingerprint density at radius 1 is 1.03 bits per heavy atom. The van der Waals surface area contributed by atoms with E-state index in [1.165, 1.54) is 23.2 Å². The van der Waals surface area contributed by atoms with Crippen molar-refractivity contribution in [1.29, 1.82) is 5.26 Å². The number of nitrogens with one attached hydrogen (secondary N) is 1. The minimum atomic E-state index is -4.99. The predicted octanol–water partition coefficient (Wildman–Crippen LogP) is 4.21. The van der Waals surface area contributed by atoms with Crippen molar-refractivity contribution in [3.8, 4) is 29.0 Å². The minimum absolute atomic E-state index is 0.00216. The van der Waals surface area contributed by atoms with Crippen LogP contribution in [0.25, 0.3) is 16.5 Å². The molecule has 3 aromatic carbocycles. The Morgan fingerprint density at radius 2 is 1.79 bits per heavy atom. The first-order chi connectivity index (χ1) is 15.6. The number of fused-ring (bicyclic) bond motifs is 1. The Bertz CT molecular complexity index is 1530. The Labute approximate surface area is 181 Å². The summed E-state index contributed by atoms with van der Waals surface area (Å²) in [5.41, 5.74) is -5.53. The number of aromatic nitrogens is 2. The average molecular weight is 457 g/mol. The van der Waals surface area contributed by atoms with Crippen molar-refractivity contribution in [2.24, 2.45) is 0 Å². The van der Waals surface area contributed by atoms with E-state index in [9.17, 15) is 37.5 Å². The van der Waals surface area contributed by atoms with Crippen LogP contribution in [0, 0.1) is 17.1 Å². The number of rotatable bonds is 3. The predicted molar refractivity (Wildman–Crippen MR) is 108 cm³/mol. The number of aromatic hydroxyl groups is 1. The van der Waals surface area contributed by atoms with Crippen LogP contribution in [-0.4, -0.2) is 14.7 Å². The number of phenolic OH excluding ortho intramolecular Hbond substituents is 1. The maximum atomic E-state index is 14.7. The molecule has 0 saturated heterocycles. The molecule has 0 aliphatic rings. The number of hydrogen-bond acceptors (Lipinski definition) is 5. The molecule has 4 rings (SSSR count). The van der Waals surface area contributed by atoms with Crippen molar-refractivity contribution < 1.29 is 27.4 Å². The summed E-state index contributed by atoms with van der Waals surface area (Å²) in [6.07, 6.45) is -4.99. The van der Waals surface area contributed by atoms with Crippen molar-refractivity contribution >= 4 is 10.8 Å². The third-order valence-corrected chi connectivity index (χ3v) is 4.69. The molecule has 0 spiro atoms. The van der Waals surface area contributed by atoms with Gasteiger partial charge >= 0.3 is 11.9 Å². The second kappa shape index (κ2) is 7.83. The molecule has 1 aromatic heterocycles. The molecule has 0 atom stereocenters. The molecule has 0 amide bonds. The van der Waals surface area contributed by atoms with Crippen molar-refractivity contribution in [2.45, 2.75) is 6.18 Å². The molecule has 1 heterocycles. The van der Waals surface area contributed by atoms with Crippen LogP contribution in [0.1, 0.15) is 11.3 Å². The molecule has 0 aliphatic carbocycles. The highest BCUT2D eigenvalue weighted by molar-refractivity contribution is 5.89. The molecule has 166 valence electrons. The summed E-state index contributed by atoms with van der Waals surface area (Å²) in [6, 6.07) is 12.6. The Morgan fingerprint density at radius 3 is 2.45 bits per heavy atom. The summed E-state index contributed by atoms with van der Waals surface area (Å²) < 4.78 is 59.1. The van der Waals surface area contributed by atoms with Crippen LogP contribution in [0.15, 0.2) is 64.2 Å². The van der Waals surface area contributed by atoms with Gasteiger partial charge in [0.2, 0.25) is 0 Å². The van der Waals surface area contributed by atoms with Gasteiger partial charge in [0.25, 0.3) is 5.56 Å². The van der Waals surface area contributed by atoms with Crippen LogP contribution in [0.5, 0.6) is 17.2 Å². The summed E-state index contributed by atoms with van der Waals surface area (Å²) in [7, 11) is 0. The zero-order chi connectivity index (χ0) is 23.9. The molecule has 0 bridgehead atoms. The molecule has 0 saturated carbocycles. The summed E-state index contributed by atoms with van der Waals surface area (Å²) in [4.78, 5) is 25.9. The standard InChI is InChI=1S/C22H11F4N3O4/c23-15-7-12(10-27)18(33-17-3-1-2-11-6-13(30)4-5-14(11)17)8-16(15)29-20(31)9-19(22(24,25)26)28-21(29)32/h1-9,30H,(H,28,32). The van der Waals surface area contributed by atoms with E-state index < -0.39 is 34.6 Å². The zero-order valence-corrected chi connectivity index (χ0v) is 16.3. The number of hydrogen-bond donors (Lipinski definition) is 2. The van der Waals surface area contributed by atoms with Crippen LogP contribution in [0.4, 0.5) is 17.6 Å². The molecule has 0 unspecified atom stereocenters. The lowest BCUT2D eigenvalue weighted by molar-refractivity contribution is -0.141. The number of benzene rings is 3. The van der Waals surface area contributed by atoms with Gasteiger partial charge in [-0.1, -0.05) is 12.1 Å². The Balaban J connectivity index is 1.88. The van der Waals surface area contributed by atoms with Gasteiger partial charge in [-0.2, -0.15) is 18.4 Å². The maximum absolute atomic E-state index is 14.7. The van der Waals surface area contributed by atoms with Crippen molar-refractivity contribution in [2.75, 3.05) is 0 Å². The fourth-order valence-corrected chi connectivity index (χ4v) is 3.21. The first kappa shape index (κ1) is 21.6. The van der Waals surface area contributed by atoms with Gasteiger partial charge in [-0.15, -0.1) is 0 Å². The number of nitriles is 1. The van der Waals surface area contributed by atoms with E-state index >= 15 is 0 Å². The van der Waals surface area contributed by atoms with Gasteiger partial charge < -0.3 is 14.8 Å². The van der Waals surface area contributed by atoms with Crippen LogP contribution >= 0.6 is 0 Å². The monoisotopic (exact) mass is 457 g/mol. The lowest BCUT2D eigenvalue weighted by Gasteiger charge is -2.14. The third-order valence-electron chi connectivity index (χ3n) is 4.69. The number of halogens is 4. The molecule has 33 heavy (non-hydrogen) atoms. The highest BCUT2D eigenvalue weighted by Gasteiger charge is 2.33. The van der Waals surface area contributed by atoms with E-state index in [-0.39, 0.29) is 33.4 Å². The summed E-state index contributed by atoms with van der Waals surface area (Å²) in [5.74, 6) is -1.24. The second-order valence-corrected chi connectivity index (χ2v) is 6.83. The van der Waals surface area contributed by atoms with Crippen LogP contribution in [0.3, 0.4) is 0 Å². The number of alkyl halides is 3. The quantitative estimate of drug-likeness (QED) is 0.448. The molecule has 0 fully saturated rings. The molecule has 4 aromatic rings. The van der Waals surface area contributed by atoms with Crippen LogP contribution < -0.4 is 16.0 Å². The number of nitrogens with zero attached hydrogens (tertiary/aromatic N) is 2. The van der Waals surface area contributed by atoms with E-state index in [1.54, 1.807) is 24.3 Å². The van der Waals surface area contributed by atoms with Gasteiger partial charge in [0.15, 0.2) is 0 Å². The normalized spacial score (nSPS) is 11.4. The topological polar surface area (TPSA) is 108 Å². The third kappa shape index (κ3) is 4.01. The fraction of sp³-hybridized carbons (Fsp3) is 0.0455. The SMILES string of the molecule is N#Cc1cc(F)c(-n2c(=O)cc(C(F)(F)F)[nH]c2=O)cc1Oc1cccc2cc(O)ccc12. The van der Waals surface area contributed by atoms with Gasteiger partial charge in [-0.3, -0.25) is 4.79 Å². The smallest absolute Gasteiger partial charge is 0.431 e. The molecule has 0 aliphatic heterocycles. The van der Waals surface area contributed by atoms with E-state index in [0.29, 0.717) is 16.8 Å². The molecular formula is C22H11F4N3O4. The summed E-state index contributed by atoms with van der Waals surface area (Å²) in [6.45, 7) is 0. The average Bonchev–Trinajstić information content (AvgIpc) is 2.74. The lowest BCUT2D eigenvalue weighted by Crippen LogP contribution is -2.36. The minimum Gasteiger partial charge on any atom is -0.508 e. The Hall–Kier alpha value is -4.59. The first-order valence-electron chi connectivity index (χ1n) is 9.15.